The van der Waals surface area contributed by atoms with Crippen molar-refractivity contribution in [1.29, 1.82) is 0 Å². The van der Waals surface area contributed by atoms with Crippen molar-refractivity contribution < 1.29 is 9.53 Å². The smallest absolute Gasteiger partial charge is 0.253 e. The first-order chi connectivity index (χ1) is 9.61. The lowest BCUT2D eigenvalue weighted by Crippen LogP contribution is -2.31. The van der Waals surface area contributed by atoms with Crippen molar-refractivity contribution in [2.75, 3.05) is 18.5 Å². The maximum Gasteiger partial charge on any atom is 0.253 e. The summed E-state index contributed by atoms with van der Waals surface area (Å²) < 4.78 is 5.46. The summed E-state index contributed by atoms with van der Waals surface area (Å²) in [4.78, 5) is 12.1. The SMILES string of the molecule is Cc1cc(NC(=O)C2OCCC2C)ccc1C#CCN. The molecule has 4 heteroatoms. The fourth-order valence-electron chi connectivity index (χ4n) is 2.27. The number of hydrogen-bond donors (Lipinski definition) is 2. The largest absolute Gasteiger partial charge is 0.368 e. The lowest BCUT2D eigenvalue weighted by atomic mass is 10.0. The number of nitrogens with two attached hydrogens (primary N) is 1. The molecule has 1 aromatic rings. The summed E-state index contributed by atoms with van der Waals surface area (Å²) in [6.07, 6.45) is 0.595. The summed E-state index contributed by atoms with van der Waals surface area (Å²) in [6.45, 7) is 5.00. The van der Waals surface area contributed by atoms with Crippen molar-refractivity contribution in [3.8, 4) is 11.8 Å². The average Bonchev–Trinajstić information content (AvgIpc) is 2.84. The maximum atomic E-state index is 12.1. The zero-order valence-electron chi connectivity index (χ0n) is 11.9. The molecule has 1 aliphatic heterocycles. The molecule has 0 aromatic heterocycles. The Kier molecular flexibility index (Phi) is 4.78. The van der Waals surface area contributed by atoms with E-state index in [0.717, 1.165) is 23.2 Å². The second-order valence-electron chi connectivity index (χ2n) is 5.08. The number of anilines is 1. The van der Waals surface area contributed by atoms with Crippen LogP contribution in [0.25, 0.3) is 0 Å². The van der Waals surface area contributed by atoms with Gasteiger partial charge in [0, 0.05) is 17.9 Å². The maximum absolute atomic E-state index is 12.1. The molecule has 3 N–H and O–H groups in total. The van der Waals surface area contributed by atoms with Crippen molar-refractivity contribution in [3.63, 3.8) is 0 Å². The number of carbonyl (C=O) groups excluding carboxylic acids is 1. The summed E-state index contributed by atoms with van der Waals surface area (Å²) in [5, 5.41) is 2.90. The van der Waals surface area contributed by atoms with E-state index >= 15 is 0 Å². The molecule has 2 unspecified atom stereocenters. The van der Waals surface area contributed by atoms with Crippen LogP contribution in [0.3, 0.4) is 0 Å². The van der Waals surface area contributed by atoms with Gasteiger partial charge in [-0.1, -0.05) is 18.8 Å². The molecule has 1 heterocycles. The fourth-order valence-corrected chi connectivity index (χ4v) is 2.27. The van der Waals surface area contributed by atoms with Gasteiger partial charge < -0.3 is 15.8 Å². The van der Waals surface area contributed by atoms with E-state index in [0.29, 0.717) is 13.2 Å². The first-order valence-electron chi connectivity index (χ1n) is 6.84. The van der Waals surface area contributed by atoms with Crippen LogP contribution in [-0.2, 0) is 9.53 Å². The number of ether oxygens (including phenoxy) is 1. The minimum Gasteiger partial charge on any atom is -0.368 e. The highest BCUT2D eigenvalue weighted by atomic mass is 16.5. The molecule has 106 valence electrons. The summed E-state index contributed by atoms with van der Waals surface area (Å²) in [6, 6.07) is 5.66. The Hall–Kier alpha value is -1.83. The summed E-state index contributed by atoms with van der Waals surface area (Å²) in [5.74, 6) is 6.02. The van der Waals surface area contributed by atoms with Crippen LogP contribution in [0.1, 0.15) is 24.5 Å². The van der Waals surface area contributed by atoms with E-state index in [9.17, 15) is 4.79 Å². The Morgan fingerprint density at radius 1 is 1.55 bits per heavy atom. The van der Waals surface area contributed by atoms with Crippen LogP contribution in [0.2, 0.25) is 0 Å². The van der Waals surface area contributed by atoms with Gasteiger partial charge in [0.15, 0.2) is 0 Å². The molecular formula is C16H20N2O2. The minimum atomic E-state index is -0.341. The molecule has 0 aliphatic carbocycles. The third kappa shape index (κ3) is 3.38. The van der Waals surface area contributed by atoms with E-state index in [1.54, 1.807) is 0 Å². The van der Waals surface area contributed by atoms with Crippen LogP contribution in [0.15, 0.2) is 18.2 Å². The quantitative estimate of drug-likeness (QED) is 0.805. The van der Waals surface area contributed by atoms with Crippen molar-refractivity contribution in [3.05, 3.63) is 29.3 Å². The Morgan fingerprint density at radius 3 is 2.95 bits per heavy atom. The first kappa shape index (κ1) is 14.6. The van der Waals surface area contributed by atoms with Crippen LogP contribution in [0.5, 0.6) is 0 Å². The summed E-state index contributed by atoms with van der Waals surface area (Å²) in [7, 11) is 0. The molecule has 20 heavy (non-hydrogen) atoms. The van der Waals surface area contributed by atoms with E-state index in [4.69, 9.17) is 10.5 Å². The standard InChI is InChI=1S/C16H20N2O2/c1-11-7-9-20-15(11)16(19)18-14-6-5-13(4-3-8-17)12(2)10-14/h5-6,10-11,15H,7-9,17H2,1-2H3,(H,18,19). The zero-order valence-corrected chi connectivity index (χ0v) is 11.9. The van der Waals surface area contributed by atoms with Gasteiger partial charge in [-0.15, -0.1) is 0 Å². The topological polar surface area (TPSA) is 64.3 Å². The van der Waals surface area contributed by atoms with E-state index in [1.807, 2.05) is 32.0 Å². The number of rotatable bonds is 2. The molecule has 2 atom stereocenters. The Bertz CT molecular complexity index is 557. The Balaban J connectivity index is 2.06. The normalized spacial score (nSPS) is 21.1. The van der Waals surface area contributed by atoms with Gasteiger partial charge in [0.1, 0.15) is 6.10 Å². The number of hydrogen-bond acceptors (Lipinski definition) is 3. The monoisotopic (exact) mass is 272 g/mol. The highest BCUT2D eigenvalue weighted by Crippen LogP contribution is 2.22. The minimum absolute atomic E-state index is 0.0739. The van der Waals surface area contributed by atoms with Crippen molar-refractivity contribution in [2.45, 2.75) is 26.4 Å². The second kappa shape index (κ2) is 6.56. The van der Waals surface area contributed by atoms with Gasteiger partial charge in [-0.2, -0.15) is 0 Å². The average molecular weight is 272 g/mol. The predicted octanol–water partition coefficient (Wildman–Crippen LogP) is 1.67. The van der Waals surface area contributed by atoms with Crippen molar-refractivity contribution in [2.24, 2.45) is 11.7 Å². The van der Waals surface area contributed by atoms with E-state index in [2.05, 4.69) is 17.2 Å². The Labute approximate surface area is 119 Å². The summed E-state index contributed by atoms with van der Waals surface area (Å²) >= 11 is 0. The highest BCUT2D eigenvalue weighted by Gasteiger charge is 2.30. The van der Waals surface area contributed by atoms with Crippen LogP contribution in [0.4, 0.5) is 5.69 Å². The van der Waals surface area contributed by atoms with Gasteiger partial charge in [-0.25, -0.2) is 0 Å². The molecule has 0 spiro atoms. The molecule has 1 saturated heterocycles. The van der Waals surface area contributed by atoms with Crippen LogP contribution in [-0.4, -0.2) is 25.2 Å². The van der Waals surface area contributed by atoms with Crippen molar-refractivity contribution in [1.82, 2.24) is 0 Å². The van der Waals surface area contributed by atoms with E-state index in [-0.39, 0.29) is 17.9 Å². The van der Waals surface area contributed by atoms with Crippen LogP contribution in [0, 0.1) is 24.7 Å². The van der Waals surface area contributed by atoms with Gasteiger partial charge in [-0.05, 0) is 43.0 Å². The lowest BCUT2D eigenvalue weighted by molar-refractivity contribution is -0.126. The van der Waals surface area contributed by atoms with Crippen LogP contribution < -0.4 is 11.1 Å². The summed E-state index contributed by atoms with van der Waals surface area (Å²) in [5.41, 5.74) is 8.08. The van der Waals surface area contributed by atoms with Gasteiger partial charge in [-0.3, -0.25) is 4.79 Å². The molecule has 4 nitrogen and oxygen atoms in total. The van der Waals surface area contributed by atoms with Gasteiger partial charge in [0.2, 0.25) is 0 Å². The molecule has 0 radical (unpaired) electrons. The van der Waals surface area contributed by atoms with Crippen LogP contribution >= 0.6 is 0 Å². The fraction of sp³-hybridized carbons (Fsp3) is 0.438. The van der Waals surface area contributed by atoms with Gasteiger partial charge >= 0.3 is 0 Å². The van der Waals surface area contributed by atoms with E-state index < -0.39 is 0 Å². The number of amides is 1. The highest BCUT2D eigenvalue weighted by molar-refractivity contribution is 5.94. The zero-order chi connectivity index (χ0) is 14.5. The predicted molar refractivity (Wildman–Crippen MR) is 79.3 cm³/mol. The molecule has 2 rings (SSSR count). The first-order valence-corrected chi connectivity index (χ1v) is 6.84. The third-order valence-corrected chi connectivity index (χ3v) is 3.46. The number of aryl methyl sites for hydroxylation is 1. The molecule has 1 fully saturated rings. The number of benzene rings is 1. The van der Waals surface area contributed by atoms with Gasteiger partial charge in [0.25, 0.3) is 5.91 Å². The second-order valence-corrected chi connectivity index (χ2v) is 5.08. The molecule has 0 bridgehead atoms. The number of carbonyl (C=O) groups is 1. The third-order valence-electron chi connectivity index (χ3n) is 3.46. The van der Waals surface area contributed by atoms with Crippen molar-refractivity contribution >= 4 is 11.6 Å². The molecule has 0 saturated carbocycles. The van der Waals surface area contributed by atoms with Gasteiger partial charge in [0.05, 0.1) is 6.54 Å². The number of nitrogens with one attached hydrogen (secondary N) is 1. The molecule has 1 aromatic carbocycles. The molecular weight excluding hydrogens is 252 g/mol. The molecule has 1 aliphatic rings. The lowest BCUT2D eigenvalue weighted by Gasteiger charge is -2.15. The molecule has 1 amide bonds. The Morgan fingerprint density at radius 2 is 2.35 bits per heavy atom. The van der Waals surface area contributed by atoms with E-state index in [1.165, 1.54) is 0 Å².